The first-order valence-electron chi connectivity index (χ1n) is 4.92. The van der Waals surface area contributed by atoms with Gasteiger partial charge in [-0.15, -0.1) is 11.3 Å². The molecule has 0 saturated carbocycles. The molecule has 1 aromatic heterocycles. The second-order valence-corrected chi connectivity index (χ2v) is 6.82. The molecule has 0 radical (unpaired) electrons. The lowest BCUT2D eigenvalue weighted by atomic mass is 10.2. The van der Waals surface area contributed by atoms with E-state index >= 15 is 0 Å². The standard InChI is InChI=1S/C11H12O3S2/c1-2-16(13,14)7-8-6-15-11-9(8)4-3-5-10(11)12/h3-6,12H,2,7H2,1H3. The van der Waals surface area contributed by atoms with E-state index in [1.165, 1.54) is 11.3 Å². The fraction of sp³-hybridized carbons (Fsp3) is 0.273. The summed E-state index contributed by atoms with van der Waals surface area (Å²) in [5, 5.41) is 12.2. The van der Waals surface area contributed by atoms with E-state index in [-0.39, 0.29) is 17.3 Å². The lowest BCUT2D eigenvalue weighted by Gasteiger charge is -2.00. The maximum absolute atomic E-state index is 11.5. The second-order valence-electron chi connectivity index (χ2n) is 3.59. The molecule has 0 atom stereocenters. The zero-order chi connectivity index (χ0) is 11.8. The second kappa shape index (κ2) is 4.07. The highest BCUT2D eigenvalue weighted by molar-refractivity contribution is 7.90. The van der Waals surface area contributed by atoms with Crippen LogP contribution in [0.25, 0.3) is 10.1 Å². The summed E-state index contributed by atoms with van der Waals surface area (Å²) in [7, 11) is -3.02. The van der Waals surface area contributed by atoms with E-state index in [0.29, 0.717) is 0 Å². The molecule has 0 spiro atoms. The van der Waals surface area contributed by atoms with Crippen LogP contribution in [0.3, 0.4) is 0 Å². The Labute approximate surface area is 98.3 Å². The number of hydrogen-bond donors (Lipinski definition) is 1. The molecule has 1 N–H and O–H groups in total. The smallest absolute Gasteiger partial charge is 0.154 e. The van der Waals surface area contributed by atoms with Gasteiger partial charge in [0.05, 0.1) is 10.5 Å². The summed E-state index contributed by atoms with van der Waals surface area (Å²) in [6, 6.07) is 5.18. The third kappa shape index (κ3) is 2.05. The van der Waals surface area contributed by atoms with Crippen LogP contribution in [-0.4, -0.2) is 19.3 Å². The molecule has 86 valence electrons. The molecule has 0 amide bonds. The topological polar surface area (TPSA) is 54.4 Å². The first-order chi connectivity index (χ1) is 7.53. The first-order valence-corrected chi connectivity index (χ1v) is 7.62. The maximum Gasteiger partial charge on any atom is 0.154 e. The van der Waals surface area contributed by atoms with Crippen molar-refractivity contribution in [1.82, 2.24) is 0 Å². The van der Waals surface area contributed by atoms with E-state index in [2.05, 4.69) is 0 Å². The van der Waals surface area contributed by atoms with Gasteiger partial charge in [-0.25, -0.2) is 8.42 Å². The molecule has 5 heteroatoms. The van der Waals surface area contributed by atoms with E-state index < -0.39 is 9.84 Å². The quantitative estimate of drug-likeness (QED) is 0.918. The number of phenolic OH excluding ortho intramolecular Hbond substituents is 1. The molecule has 1 aromatic carbocycles. The predicted molar refractivity (Wildman–Crippen MR) is 66.7 cm³/mol. The van der Waals surface area contributed by atoms with Crippen LogP contribution in [-0.2, 0) is 15.6 Å². The van der Waals surface area contributed by atoms with Crippen molar-refractivity contribution < 1.29 is 13.5 Å². The molecule has 0 bridgehead atoms. The van der Waals surface area contributed by atoms with Gasteiger partial charge in [-0.2, -0.15) is 0 Å². The fourth-order valence-electron chi connectivity index (χ4n) is 1.55. The zero-order valence-corrected chi connectivity index (χ0v) is 10.4. The van der Waals surface area contributed by atoms with Crippen LogP contribution < -0.4 is 0 Å². The van der Waals surface area contributed by atoms with Crippen molar-refractivity contribution in [1.29, 1.82) is 0 Å². The summed E-state index contributed by atoms with van der Waals surface area (Å²) < 4.78 is 23.8. The Morgan fingerprint density at radius 3 is 2.81 bits per heavy atom. The van der Waals surface area contributed by atoms with Gasteiger partial charge in [0.2, 0.25) is 0 Å². The van der Waals surface area contributed by atoms with E-state index in [1.807, 2.05) is 6.07 Å². The van der Waals surface area contributed by atoms with Gasteiger partial charge in [0.25, 0.3) is 0 Å². The van der Waals surface area contributed by atoms with Crippen LogP contribution >= 0.6 is 11.3 Å². The Hall–Kier alpha value is -1.07. The van der Waals surface area contributed by atoms with E-state index in [1.54, 1.807) is 24.4 Å². The number of sulfone groups is 1. The zero-order valence-electron chi connectivity index (χ0n) is 8.80. The van der Waals surface area contributed by atoms with E-state index in [9.17, 15) is 13.5 Å². The SMILES string of the molecule is CCS(=O)(=O)Cc1csc2c(O)cccc12. The molecule has 0 aliphatic rings. The van der Waals surface area contributed by atoms with Crippen LogP contribution in [0.2, 0.25) is 0 Å². The van der Waals surface area contributed by atoms with Crippen LogP contribution in [0.15, 0.2) is 23.6 Å². The molecule has 3 nitrogen and oxygen atoms in total. The van der Waals surface area contributed by atoms with Crippen molar-refractivity contribution >= 4 is 31.3 Å². The lowest BCUT2D eigenvalue weighted by molar-refractivity contribution is 0.482. The normalized spacial score (nSPS) is 12.1. The average molecular weight is 256 g/mol. The Bertz CT molecular complexity index is 611. The van der Waals surface area contributed by atoms with Crippen LogP contribution in [0.1, 0.15) is 12.5 Å². The number of aromatic hydroxyl groups is 1. The van der Waals surface area contributed by atoms with Crippen LogP contribution in [0, 0.1) is 0 Å². The number of fused-ring (bicyclic) bond motifs is 1. The van der Waals surface area contributed by atoms with Gasteiger partial charge < -0.3 is 5.11 Å². The van der Waals surface area contributed by atoms with Gasteiger partial charge in [-0.3, -0.25) is 0 Å². The first kappa shape index (κ1) is 11.4. The molecule has 0 aliphatic carbocycles. The highest BCUT2D eigenvalue weighted by Gasteiger charge is 2.14. The van der Waals surface area contributed by atoms with Gasteiger partial charge in [0.15, 0.2) is 9.84 Å². The molecule has 1 heterocycles. The predicted octanol–water partition coefficient (Wildman–Crippen LogP) is 2.54. The van der Waals surface area contributed by atoms with Gasteiger partial charge in [0, 0.05) is 11.1 Å². The minimum atomic E-state index is -3.02. The number of phenols is 1. The third-order valence-corrected chi connectivity index (χ3v) is 5.17. The number of hydrogen-bond acceptors (Lipinski definition) is 4. The lowest BCUT2D eigenvalue weighted by Crippen LogP contribution is -2.05. The Morgan fingerprint density at radius 2 is 2.12 bits per heavy atom. The van der Waals surface area contributed by atoms with Crippen molar-refractivity contribution in [3.8, 4) is 5.75 Å². The van der Waals surface area contributed by atoms with E-state index in [4.69, 9.17) is 0 Å². The molecular weight excluding hydrogens is 244 g/mol. The Morgan fingerprint density at radius 1 is 1.38 bits per heavy atom. The largest absolute Gasteiger partial charge is 0.506 e. The van der Waals surface area contributed by atoms with Gasteiger partial charge in [-0.1, -0.05) is 19.1 Å². The summed E-state index contributed by atoms with van der Waals surface area (Å²) in [4.78, 5) is 0. The van der Waals surface area contributed by atoms with Gasteiger partial charge in [0.1, 0.15) is 5.75 Å². The average Bonchev–Trinajstić information content (AvgIpc) is 2.63. The molecule has 0 saturated heterocycles. The number of benzene rings is 1. The molecule has 0 unspecified atom stereocenters. The molecular formula is C11H12O3S2. The number of thiophene rings is 1. The maximum atomic E-state index is 11.5. The minimum Gasteiger partial charge on any atom is -0.506 e. The summed E-state index contributed by atoms with van der Waals surface area (Å²) in [6.45, 7) is 1.64. The molecule has 0 aliphatic heterocycles. The number of rotatable bonds is 3. The van der Waals surface area contributed by atoms with Crippen molar-refractivity contribution in [2.45, 2.75) is 12.7 Å². The third-order valence-electron chi connectivity index (χ3n) is 2.47. The van der Waals surface area contributed by atoms with Crippen molar-refractivity contribution in [2.24, 2.45) is 0 Å². The van der Waals surface area contributed by atoms with Crippen molar-refractivity contribution in [3.05, 3.63) is 29.1 Å². The summed E-state index contributed by atoms with van der Waals surface area (Å²) >= 11 is 1.38. The molecule has 16 heavy (non-hydrogen) atoms. The van der Waals surface area contributed by atoms with Crippen molar-refractivity contribution in [3.63, 3.8) is 0 Å². The van der Waals surface area contributed by atoms with E-state index in [0.717, 1.165) is 15.6 Å². The van der Waals surface area contributed by atoms with Gasteiger partial charge >= 0.3 is 0 Å². The highest BCUT2D eigenvalue weighted by Crippen LogP contribution is 2.33. The van der Waals surface area contributed by atoms with Crippen LogP contribution in [0.4, 0.5) is 0 Å². The molecule has 0 fully saturated rings. The summed E-state index contributed by atoms with van der Waals surface area (Å²) in [5.74, 6) is 0.401. The minimum absolute atomic E-state index is 0.0486. The monoisotopic (exact) mass is 256 g/mol. The molecule has 2 rings (SSSR count). The Kier molecular flexibility index (Phi) is 2.90. The fourth-order valence-corrected chi connectivity index (χ4v) is 3.55. The summed E-state index contributed by atoms with van der Waals surface area (Å²) in [6.07, 6.45) is 0. The van der Waals surface area contributed by atoms with Crippen LogP contribution in [0.5, 0.6) is 5.75 Å². The summed E-state index contributed by atoms with van der Waals surface area (Å²) in [5.41, 5.74) is 0.776. The van der Waals surface area contributed by atoms with Gasteiger partial charge in [-0.05, 0) is 17.0 Å². The Balaban J connectivity index is 2.51. The highest BCUT2D eigenvalue weighted by atomic mass is 32.2. The molecule has 2 aromatic rings. The van der Waals surface area contributed by atoms with Crippen molar-refractivity contribution in [2.75, 3.05) is 5.75 Å².